The first kappa shape index (κ1) is 15.8. The molecule has 118 valence electrons. The van der Waals surface area contributed by atoms with Crippen LogP contribution in [0.25, 0.3) is 0 Å². The van der Waals surface area contributed by atoms with Gasteiger partial charge in [0.2, 0.25) is 5.91 Å². The smallest absolute Gasteiger partial charge is 0.343 e. The average molecular weight is 295 g/mol. The van der Waals surface area contributed by atoms with E-state index in [4.69, 9.17) is 0 Å². The van der Waals surface area contributed by atoms with E-state index in [0.717, 1.165) is 32.5 Å². The summed E-state index contributed by atoms with van der Waals surface area (Å²) >= 11 is 0. The molecule has 2 rings (SSSR count). The van der Waals surface area contributed by atoms with Crippen LogP contribution >= 0.6 is 0 Å². The van der Waals surface area contributed by atoms with Crippen molar-refractivity contribution in [3.8, 4) is 0 Å². The second kappa shape index (κ2) is 7.40. The van der Waals surface area contributed by atoms with E-state index in [0.29, 0.717) is 31.1 Å². The van der Waals surface area contributed by atoms with Gasteiger partial charge in [0.05, 0.1) is 0 Å². The molecule has 2 heterocycles. The van der Waals surface area contributed by atoms with E-state index < -0.39 is 0 Å². The fraction of sp³-hybridized carbons (Fsp3) is 0.786. The van der Waals surface area contributed by atoms with Crippen molar-refractivity contribution in [2.24, 2.45) is 13.0 Å². The summed E-state index contributed by atoms with van der Waals surface area (Å²) in [5.41, 5.74) is -0.223. The van der Waals surface area contributed by atoms with Crippen LogP contribution < -0.4 is 11.0 Å². The van der Waals surface area contributed by atoms with Crippen molar-refractivity contribution < 1.29 is 4.79 Å². The summed E-state index contributed by atoms with van der Waals surface area (Å²) in [4.78, 5) is 25.5. The third-order valence-corrected chi connectivity index (χ3v) is 4.27. The molecule has 0 radical (unpaired) electrons. The van der Waals surface area contributed by atoms with Crippen molar-refractivity contribution in [1.82, 2.24) is 25.0 Å². The van der Waals surface area contributed by atoms with Gasteiger partial charge < -0.3 is 10.2 Å². The summed E-state index contributed by atoms with van der Waals surface area (Å²) in [6, 6.07) is 0. The van der Waals surface area contributed by atoms with Crippen LogP contribution in [0, 0.1) is 5.92 Å². The monoisotopic (exact) mass is 295 g/mol. The SMILES string of the molecule is CCN1CCC(CC(=O)NCCc2n[nH]c(=O)n2C)CC1. The number of aromatic nitrogens is 3. The zero-order chi connectivity index (χ0) is 15.2. The Hall–Kier alpha value is -1.63. The van der Waals surface area contributed by atoms with E-state index >= 15 is 0 Å². The zero-order valence-electron chi connectivity index (χ0n) is 12.9. The Labute approximate surface area is 124 Å². The summed E-state index contributed by atoms with van der Waals surface area (Å²) in [5, 5.41) is 9.22. The van der Waals surface area contributed by atoms with Gasteiger partial charge in [0.1, 0.15) is 5.82 Å². The quantitative estimate of drug-likeness (QED) is 0.767. The molecule has 2 N–H and O–H groups in total. The number of carbonyl (C=O) groups is 1. The lowest BCUT2D eigenvalue weighted by atomic mass is 9.93. The molecular weight excluding hydrogens is 270 g/mol. The number of H-pyrrole nitrogens is 1. The maximum Gasteiger partial charge on any atom is 0.343 e. The summed E-state index contributed by atoms with van der Waals surface area (Å²) in [6.45, 7) is 6.00. The molecule has 21 heavy (non-hydrogen) atoms. The second-order valence-electron chi connectivity index (χ2n) is 5.69. The van der Waals surface area contributed by atoms with Gasteiger partial charge in [-0.25, -0.2) is 9.89 Å². The van der Waals surface area contributed by atoms with Gasteiger partial charge >= 0.3 is 5.69 Å². The Morgan fingerprint density at radius 2 is 2.14 bits per heavy atom. The number of nitrogens with zero attached hydrogens (tertiary/aromatic N) is 3. The summed E-state index contributed by atoms with van der Waals surface area (Å²) in [5.74, 6) is 1.27. The summed E-state index contributed by atoms with van der Waals surface area (Å²) in [6.07, 6.45) is 3.39. The fourth-order valence-electron chi connectivity index (χ4n) is 2.76. The molecule has 0 unspecified atom stereocenters. The highest BCUT2D eigenvalue weighted by Crippen LogP contribution is 2.19. The molecule has 1 aromatic rings. The number of carbonyl (C=O) groups excluding carboxylic acids is 1. The number of rotatable bonds is 6. The molecule has 0 aromatic carbocycles. The predicted octanol–water partition coefficient (Wildman–Crippen LogP) is -0.111. The van der Waals surface area contributed by atoms with Crippen molar-refractivity contribution in [2.75, 3.05) is 26.2 Å². The first-order valence-electron chi connectivity index (χ1n) is 7.69. The van der Waals surface area contributed by atoms with Gasteiger partial charge in [-0.05, 0) is 38.4 Å². The van der Waals surface area contributed by atoms with Crippen LogP contribution in [0.2, 0.25) is 0 Å². The molecule has 1 aliphatic rings. The van der Waals surface area contributed by atoms with Crippen LogP contribution in [0.3, 0.4) is 0 Å². The molecule has 7 heteroatoms. The van der Waals surface area contributed by atoms with E-state index in [2.05, 4.69) is 27.3 Å². The van der Waals surface area contributed by atoms with E-state index in [1.807, 2.05) is 0 Å². The van der Waals surface area contributed by atoms with Crippen molar-refractivity contribution in [1.29, 1.82) is 0 Å². The predicted molar refractivity (Wildman–Crippen MR) is 80.0 cm³/mol. The third kappa shape index (κ3) is 4.42. The summed E-state index contributed by atoms with van der Waals surface area (Å²) in [7, 11) is 1.67. The molecule has 0 bridgehead atoms. The Balaban J connectivity index is 1.66. The number of nitrogens with one attached hydrogen (secondary N) is 2. The average Bonchev–Trinajstić information content (AvgIpc) is 2.80. The fourth-order valence-corrected chi connectivity index (χ4v) is 2.76. The minimum Gasteiger partial charge on any atom is -0.356 e. The highest BCUT2D eigenvalue weighted by Gasteiger charge is 2.20. The van der Waals surface area contributed by atoms with Gasteiger partial charge in [0.25, 0.3) is 0 Å². The lowest BCUT2D eigenvalue weighted by Gasteiger charge is -2.30. The number of piperidine rings is 1. The Morgan fingerprint density at radius 1 is 1.43 bits per heavy atom. The van der Waals surface area contributed by atoms with E-state index in [1.165, 1.54) is 4.57 Å². The molecule has 1 amide bonds. The van der Waals surface area contributed by atoms with E-state index in [-0.39, 0.29) is 11.6 Å². The van der Waals surface area contributed by atoms with Gasteiger partial charge in [0, 0.05) is 26.4 Å². The third-order valence-electron chi connectivity index (χ3n) is 4.27. The topological polar surface area (TPSA) is 83.0 Å². The second-order valence-corrected chi connectivity index (χ2v) is 5.69. The first-order valence-corrected chi connectivity index (χ1v) is 7.69. The van der Waals surface area contributed by atoms with Crippen LogP contribution in [-0.2, 0) is 18.3 Å². The molecule has 0 spiro atoms. The van der Waals surface area contributed by atoms with Crippen molar-refractivity contribution >= 4 is 5.91 Å². The highest BCUT2D eigenvalue weighted by molar-refractivity contribution is 5.76. The first-order chi connectivity index (χ1) is 10.1. The van der Waals surface area contributed by atoms with E-state index in [1.54, 1.807) is 7.05 Å². The van der Waals surface area contributed by atoms with Gasteiger partial charge in [-0.2, -0.15) is 5.10 Å². The Morgan fingerprint density at radius 3 is 2.71 bits per heavy atom. The van der Waals surface area contributed by atoms with Crippen LogP contribution in [0.5, 0.6) is 0 Å². The van der Waals surface area contributed by atoms with E-state index in [9.17, 15) is 9.59 Å². The molecule has 1 aromatic heterocycles. The van der Waals surface area contributed by atoms with Crippen LogP contribution in [0.1, 0.15) is 32.0 Å². The van der Waals surface area contributed by atoms with Crippen LogP contribution in [0.15, 0.2) is 4.79 Å². The number of amides is 1. The molecule has 1 fully saturated rings. The Bertz CT molecular complexity index is 514. The lowest BCUT2D eigenvalue weighted by Crippen LogP contribution is -2.36. The van der Waals surface area contributed by atoms with Crippen molar-refractivity contribution in [3.63, 3.8) is 0 Å². The maximum atomic E-state index is 11.9. The van der Waals surface area contributed by atoms with Crippen LogP contribution in [-0.4, -0.2) is 51.8 Å². The number of hydrogen-bond acceptors (Lipinski definition) is 4. The number of aromatic amines is 1. The standard InChI is InChI=1S/C14H25N5O2/c1-3-19-8-5-11(6-9-19)10-13(20)15-7-4-12-16-17-14(21)18(12)2/h11H,3-10H2,1-2H3,(H,15,20)(H,17,21). The van der Waals surface area contributed by atoms with Crippen molar-refractivity contribution in [2.45, 2.75) is 32.6 Å². The van der Waals surface area contributed by atoms with Gasteiger partial charge in [-0.15, -0.1) is 0 Å². The summed E-state index contributed by atoms with van der Waals surface area (Å²) < 4.78 is 1.46. The number of hydrogen-bond donors (Lipinski definition) is 2. The number of likely N-dealkylation sites (tertiary alicyclic amines) is 1. The normalized spacial score (nSPS) is 17.0. The van der Waals surface area contributed by atoms with Gasteiger partial charge in [-0.1, -0.05) is 6.92 Å². The molecule has 7 nitrogen and oxygen atoms in total. The highest BCUT2D eigenvalue weighted by atomic mass is 16.2. The Kier molecular flexibility index (Phi) is 5.55. The largest absolute Gasteiger partial charge is 0.356 e. The molecule has 0 aliphatic carbocycles. The molecule has 1 saturated heterocycles. The zero-order valence-corrected chi connectivity index (χ0v) is 12.9. The molecule has 0 atom stereocenters. The van der Waals surface area contributed by atoms with Crippen LogP contribution in [0.4, 0.5) is 0 Å². The van der Waals surface area contributed by atoms with Gasteiger partial charge in [-0.3, -0.25) is 9.36 Å². The minimum absolute atomic E-state index is 0.102. The minimum atomic E-state index is -0.223. The molecule has 0 saturated carbocycles. The molecule has 1 aliphatic heterocycles. The lowest BCUT2D eigenvalue weighted by molar-refractivity contribution is -0.122. The van der Waals surface area contributed by atoms with Crippen molar-refractivity contribution in [3.05, 3.63) is 16.3 Å². The maximum absolute atomic E-state index is 11.9. The van der Waals surface area contributed by atoms with Gasteiger partial charge in [0.15, 0.2) is 0 Å². The molecular formula is C14H25N5O2.